The lowest BCUT2D eigenvalue weighted by atomic mass is 9.73. The van der Waals surface area contributed by atoms with Crippen molar-refractivity contribution < 1.29 is 0 Å². The first-order valence-electron chi connectivity index (χ1n) is 8.21. The molecule has 0 radical (unpaired) electrons. The highest BCUT2D eigenvalue weighted by Gasteiger charge is 2.25. The van der Waals surface area contributed by atoms with Gasteiger partial charge in [0, 0.05) is 6.04 Å². The first kappa shape index (κ1) is 16.0. The lowest BCUT2D eigenvalue weighted by molar-refractivity contribution is 0.182. The zero-order valence-corrected chi connectivity index (χ0v) is 13.3. The van der Waals surface area contributed by atoms with Gasteiger partial charge in [0.05, 0.1) is 0 Å². The maximum Gasteiger partial charge on any atom is 0.00357 e. The van der Waals surface area contributed by atoms with Gasteiger partial charge in [-0.25, -0.2) is 0 Å². The summed E-state index contributed by atoms with van der Waals surface area (Å²) < 4.78 is 0. The summed E-state index contributed by atoms with van der Waals surface area (Å²) in [5.41, 5.74) is 0. The van der Waals surface area contributed by atoms with Crippen molar-refractivity contribution in [1.82, 2.24) is 5.32 Å². The van der Waals surface area contributed by atoms with Gasteiger partial charge in [0.1, 0.15) is 0 Å². The van der Waals surface area contributed by atoms with E-state index in [4.69, 9.17) is 0 Å². The topological polar surface area (TPSA) is 12.0 Å². The van der Waals surface area contributed by atoms with E-state index in [1.54, 1.807) is 0 Å². The summed E-state index contributed by atoms with van der Waals surface area (Å²) in [7, 11) is 2.08. The van der Waals surface area contributed by atoms with Crippen molar-refractivity contribution in [2.24, 2.45) is 23.7 Å². The zero-order valence-electron chi connectivity index (χ0n) is 13.3. The third-order valence-electron chi connectivity index (χ3n) is 5.51. The molecule has 1 fully saturated rings. The Morgan fingerprint density at radius 1 is 1.11 bits per heavy atom. The van der Waals surface area contributed by atoms with Crippen molar-refractivity contribution in [2.75, 3.05) is 7.05 Å². The third-order valence-corrected chi connectivity index (χ3v) is 5.51. The van der Waals surface area contributed by atoms with Crippen LogP contribution >= 0.6 is 0 Å². The fourth-order valence-electron chi connectivity index (χ4n) is 3.53. The Bertz CT molecular complexity index is 214. The van der Waals surface area contributed by atoms with Crippen molar-refractivity contribution >= 4 is 0 Å². The number of rotatable bonds is 5. The van der Waals surface area contributed by atoms with Crippen LogP contribution in [0.2, 0.25) is 0 Å². The Kier molecular flexibility index (Phi) is 7.29. The maximum absolute atomic E-state index is 3.35. The van der Waals surface area contributed by atoms with Crippen LogP contribution in [0.5, 0.6) is 0 Å². The van der Waals surface area contributed by atoms with Crippen LogP contribution in [0.15, 0.2) is 0 Å². The highest BCUT2D eigenvalue weighted by atomic mass is 14.8. The van der Waals surface area contributed by atoms with Crippen LogP contribution in [-0.2, 0) is 0 Å². The summed E-state index contributed by atoms with van der Waals surface area (Å²) in [5.74, 6) is 3.78. The summed E-state index contributed by atoms with van der Waals surface area (Å²) in [4.78, 5) is 0. The molecule has 0 aromatic carbocycles. The fourth-order valence-corrected chi connectivity index (χ4v) is 3.53. The average molecular weight is 253 g/mol. The van der Waals surface area contributed by atoms with Gasteiger partial charge in [-0.05, 0) is 50.5 Å². The minimum atomic E-state index is 0.690. The lowest BCUT2D eigenvalue weighted by Gasteiger charge is -2.33. The smallest absolute Gasteiger partial charge is 0.00357 e. The van der Waals surface area contributed by atoms with Gasteiger partial charge in [-0.3, -0.25) is 0 Å². The van der Waals surface area contributed by atoms with Gasteiger partial charge < -0.3 is 5.32 Å². The second-order valence-electron chi connectivity index (χ2n) is 6.97. The Balaban J connectivity index is 2.32. The van der Waals surface area contributed by atoms with Crippen molar-refractivity contribution in [2.45, 2.75) is 78.7 Å². The molecule has 0 aliphatic heterocycles. The van der Waals surface area contributed by atoms with E-state index in [0.717, 1.165) is 23.7 Å². The highest BCUT2D eigenvalue weighted by Crippen LogP contribution is 2.35. The third kappa shape index (κ3) is 5.30. The van der Waals surface area contributed by atoms with Crippen LogP contribution in [0.4, 0.5) is 0 Å². The summed E-state index contributed by atoms with van der Waals surface area (Å²) in [6.45, 7) is 9.71. The first-order valence-corrected chi connectivity index (χ1v) is 8.21. The van der Waals surface area contributed by atoms with Gasteiger partial charge in [-0.1, -0.05) is 52.9 Å². The molecule has 1 saturated carbocycles. The van der Waals surface area contributed by atoms with E-state index in [2.05, 4.69) is 40.1 Å². The van der Waals surface area contributed by atoms with Crippen LogP contribution in [-0.4, -0.2) is 13.1 Å². The predicted molar refractivity (Wildman–Crippen MR) is 81.8 cm³/mol. The van der Waals surface area contributed by atoms with Gasteiger partial charge in [0.15, 0.2) is 0 Å². The molecule has 1 aliphatic rings. The lowest BCUT2D eigenvalue weighted by Crippen LogP contribution is -2.23. The summed E-state index contributed by atoms with van der Waals surface area (Å²) >= 11 is 0. The molecule has 1 N–H and O–H groups in total. The fraction of sp³-hybridized carbons (Fsp3) is 1.00. The monoisotopic (exact) mass is 253 g/mol. The first-order chi connectivity index (χ1) is 8.54. The molecule has 0 bridgehead atoms. The normalized spacial score (nSPS) is 35.8. The van der Waals surface area contributed by atoms with Gasteiger partial charge in [-0.15, -0.1) is 0 Å². The van der Waals surface area contributed by atoms with E-state index >= 15 is 0 Å². The molecular weight excluding hydrogens is 218 g/mol. The average Bonchev–Trinajstić information content (AvgIpc) is 2.35. The van der Waals surface area contributed by atoms with E-state index < -0.39 is 0 Å². The Labute approximate surface area is 115 Å². The highest BCUT2D eigenvalue weighted by molar-refractivity contribution is 4.76. The molecule has 1 nitrogen and oxygen atoms in total. The van der Waals surface area contributed by atoms with Gasteiger partial charge in [-0.2, -0.15) is 0 Å². The quantitative estimate of drug-likeness (QED) is 0.737. The van der Waals surface area contributed by atoms with Crippen molar-refractivity contribution in [3.8, 4) is 0 Å². The SMILES string of the molecule is CNC(C)CCCC1CCCC(C)C(C)C(C)C1. The zero-order chi connectivity index (χ0) is 13.5. The van der Waals surface area contributed by atoms with Crippen LogP contribution in [0.3, 0.4) is 0 Å². The van der Waals surface area contributed by atoms with Crippen LogP contribution in [0.25, 0.3) is 0 Å². The minimum Gasteiger partial charge on any atom is -0.317 e. The molecule has 5 unspecified atom stereocenters. The second kappa shape index (κ2) is 8.19. The van der Waals surface area contributed by atoms with Crippen LogP contribution in [0, 0.1) is 23.7 Å². The molecule has 0 spiro atoms. The summed E-state index contributed by atoms with van der Waals surface area (Å²) in [5, 5.41) is 3.35. The summed E-state index contributed by atoms with van der Waals surface area (Å²) in [6.07, 6.45) is 10.1. The Morgan fingerprint density at radius 3 is 2.50 bits per heavy atom. The molecule has 0 aromatic rings. The molecule has 0 aromatic heterocycles. The van der Waals surface area contributed by atoms with E-state index in [9.17, 15) is 0 Å². The van der Waals surface area contributed by atoms with Gasteiger partial charge in [0.25, 0.3) is 0 Å². The Hall–Kier alpha value is -0.0400. The number of hydrogen-bond donors (Lipinski definition) is 1. The molecule has 0 saturated heterocycles. The van der Waals surface area contributed by atoms with Crippen molar-refractivity contribution in [3.05, 3.63) is 0 Å². The van der Waals surface area contributed by atoms with Crippen molar-refractivity contribution in [1.29, 1.82) is 0 Å². The molecule has 1 rings (SSSR count). The molecule has 1 heteroatoms. The largest absolute Gasteiger partial charge is 0.317 e. The number of nitrogens with one attached hydrogen (secondary N) is 1. The van der Waals surface area contributed by atoms with E-state index in [-0.39, 0.29) is 0 Å². The molecule has 5 atom stereocenters. The second-order valence-corrected chi connectivity index (χ2v) is 6.97. The van der Waals surface area contributed by atoms with Crippen molar-refractivity contribution in [3.63, 3.8) is 0 Å². The minimum absolute atomic E-state index is 0.690. The maximum atomic E-state index is 3.35. The predicted octanol–water partition coefficient (Wildman–Crippen LogP) is 4.86. The van der Waals surface area contributed by atoms with E-state index in [0.29, 0.717) is 6.04 Å². The van der Waals surface area contributed by atoms with E-state index in [1.807, 2.05) is 0 Å². The standard InChI is InChI=1S/C17H35N/c1-13-8-6-10-17(12-14(2)16(13)4)11-7-9-15(3)18-5/h13-18H,6-12H2,1-5H3. The molecular formula is C17H35N. The molecule has 1 aliphatic carbocycles. The van der Waals surface area contributed by atoms with Crippen LogP contribution < -0.4 is 5.32 Å². The Morgan fingerprint density at radius 2 is 1.83 bits per heavy atom. The van der Waals surface area contributed by atoms with Gasteiger partial charge in [0.2, 0.25) is 0 Å². The van der Waals surface area contributed by atoms with E-state index in [1.165, 1.54) is 44.9 Å². The van der Waals surface area contributed by atoms with Crippen LogP contribution in [0.1, 0.15) is 72.6 Å². The summed E-state index contributed by atoms with van der Waals surface area (Å²) in [6, 6.07) is 0.690. The molecule has 18 heavy (non-hydrogen) atoms. The number of hydrogen-bond acceptors (Lipinski definition) is 1. The molecule has 0 heterocycles. The van der Waals surface area contributed by atoms with Gasteiger partial charge >= 0.3 is 0 Å². The molecule has 108 valence electrons. The molecule has 0 amide bonds.